The molecule has 3 aliphatic carbocycles. The van der Waals surface area contributed by atoms with Crippen molar-refractivity contribution < 1.29 is 9.90 Å². The van der Waals surface area contributed by atoms with Crippen molar-refractivity contribution in [2.24, 2.45) is 34.6 Å². The van der Waals surface area contributed by atoms with Gasteiger partial charge < -0.3 is 16.6 Å². The van der Waals surface area contributed by atoms with Gasteiger partial charge in [0.05, 0.1) is 6.10 Å². The molecule has 2 fully saturated rings. The largest absolute Gasteiger partial charge is 0.392 e. The number of nitrogens with two attached hydrogens (primary N) is 2. The van der Waals surface area contributed by atoms with E-state index < -0.39 is 5.91 Å². The fourth-order valence-corrected chi connectivity index (χ4v) is 7.26. The van der Waals surface area contributed by atoms with Gasteiger partial charge in [-0.1, -0.05) is 37.3 Å². The van der Waals surface area contributed by atoms with Gasteiger partial charge in [0.15, 0.2) is 0 Å². The minimum Gasteiger partial charge on any atom is -0.392 e. The monoisotopic (exact) mass is 418 g/mol. The second kappa shape index (κ2) is 7.75. The van der Waals surface area contributed by atoms with Crippen LogP contribution in [0.15, 0.2) is 42.5 Å². The summed E-state index contributed by atoms with van der Waals surface area (Å²) < 4.78 is 0. The lowest BCUT2D eigenvalue weighted by atomic mass is 9.55. The molecular formula is C27H34N2O2. The third kappa shape index (κ3) is 3.41. The van der Waals surface area contributed by atoms with Crippen LogP contribution in [-0.4, -0.2) is 17.1 Å². The number of carbonyl (C=O) groups is 1. The van der Waals surface area contributed by atoms with Crippen molar-refractivity contribution in [2.75, 3.05) is 0 Å². The number of amides is 1. The molecule has 6 atom stereocenters. The minimum absolute atomic E-state index is 0.0121. The summed E-state index contributed by atoms with van der Waals surface area (Å²) in [5.41, 5.74) is 17.2. The van der Waals surface area contributed by atoms with E-state index in [1.807, 2.05) is 12.1 Å². The molecule has 4 heteroatoms. The van der Waals surface area contributed by atoms with Crippen molar-refractivity contribution in [1.29, 1.82) is 0 Å². The highest BCUT2D eigenvalue weighted by molar-refractivity contribution is 5.92. The number of aliphatic hydroxyl groups is 1. The number of hydrogen-bond acceptors (Lipinski definition) is 3. The van der Waals surface area contributed by atoms with E-state index in [-0.39, 0.29) is 17.4 Å². The van der Waals surface area contributed by atoms with Gasteiger partial charge in [-0.25, -0.2) is 0 Å². The summed E-state index contributed by atoms with van der Waals surface area (Å²) in [5, 5.41) is 11.4. The molecular weight excluding hydrogens is 384 g/mol. The fraction of sp³-hybridized carbons (Fsp3) is 0.519. The number of aryl methyl sites for hydroxylation is 1. The van der Waals surface area contributed by atoms with Crippen LogP contribution in [0.25, 0.3) is 0 Å². The van der Waals surface area contributed by atoms with Crippen molar-refractivity contribution in [2.45, 2.75) is 64.0 Å². The molecule has 2 aromatic rings. The molecule has 5 unspecified atom stereocenters. The Balaban J connectivity index is 1.39. The SMILES string of the molecule is CC12CCC3c4ccc(CN)cc4CCC3[C@@H]1CC(Cc1cccc(C(N)=O)c1)C2O. The van der Waals surface area contributed by atoms with Crippen LogP contribution < -0.4 is 11.5 Å². The van der Waals surface area contributed by atoms with E-state index in [4.69, 9.17) is 11.5 Å². The second-order valence-corrected chi connectivity index (χ2v) is 10.4. The third-order valence-electron chi connectivity index (χ3n) is 8.85. The van der Waals surface area contributed by atoms with Gasteiger partial charge >= 0.3 is 0 Å². The van der Waals surface area contributed by atoms with Crippen LogP contribution in [0, 0.1) is 23.2 Å². The predicted molar refractivity (Wildman–Crippen MR) is 122 cm³/mol. The third-order valence-corrected chi connectivity index (χ3v) is 8.85. The van der Waals surface area contributed by atoms with E-state index >= 15 is 0 Å². The number of rotatable bonds is 4. The van der Waals surface area contributed by atoms with Gasteiger partial charge in [-0.15, -0.1) is 0 Å². The topological polar surface area (TPSA) is 89.3 Å². The molecule has 1 amide bonds. The van der Waals surface area contributed by atoms with Crippen LogP contribution in [-0.2, 0) is 19.4 Å². The summed E-state index contributed by atoms with van der Waals surface area (Å²) in [6.45, 7) is 2.93. The molecule has 0 radical (unpaired) electrons. The van der Waals surface area contributed by atoms with Gasteiger partial charge in [0, 0.05) is 12.1 Å². The number of carbonyl (C=O) groups excluding carboxylic acids is 1. The molecule has 4 nitrogen and oxygen atoms in total. The maximum absolute atomic E-state index is 11.6. The normalized spacial score (nSPS) is 34.0. The summed E-state index contributed by atoms with van der Waals surface area (Å²) in [6.07, 6.45) is 6.15. The first-order valence-corrected chi connectivity index (χ1v) is 11.8. The Morgan fingerprint density at radius 2 is 2.00 bits per heavy atom. The zero-order valence-electron chi connectivity index (χ0n) is 18.4. The Labute approximate surface area is 185 Å². The van der Waals surface area contributed by atoms with E-state index in [1.54, 1.807) is 6.07 Å². The lowest BCUT2D eigenvalue weighted by Gasteiger charge is -2.50. The van der Waals surface area contributed by atoms with Gasteiger partial charge in [0.25, 0.3) is 0 Å². The molecule has 2 saturated carbocycles. The zero-order valence-corrected chi connectivity index (χ0v) is 18.4. The van der Waals surface area contributed by atoms with Crippen LogP contribution in [0.3, 0.4) is 0 Å². The van der Waals surface area contributed by atoms with Crippen LogP contribution >= 0.6 is 0 Å². The average molecular weight is 419 g/mol. The average Bonchev–Trinajstić information content (AvgIpc) is 3.03. The molecule has 0 heterocycles. The molecule has 2 aromatic carbocycles. The summed E-state index contributed by atoms with van der Waals surface area (Å²) in [4.78, 5) is 11.6. The van der Waals surface area contributed by atoms with E-state index in [1.165, 1.54) is 23.1 Å². The first-order chi connectivity index (χ1) is 14.9. The van der Waals surface area contributed by atoms with Crippen molar-refractivity contribution in [3.63, 3.8) is 0 Å². The molecule has 5 N–H and O–H groups in total. The first-order valence-electron chi connectivity index (χ1n) is 11.8. The Bertz CT molecular complexity index is 1000. The van der Waals surface area contributed by atoms with Crippen molar-refractivity contribution in [1.82, 2.24) is 0 Å². The molecule has 0 saturated heterocycles. The quantitative estimate of drug-likeness (QED) is 0.703. The second-order valence-electron chi connectivity index (χ2n) is 10.4. The summed E-state index contributed by atoms with van der Waals surface area (Å²) in [5.74, 6) is 1.64. The van der Waals surface area contributed by atoms with Crippen LogP contribution in [0.5, 0.6) is 0 Å². The Morgan fingerprint density at radius 1 is 1.16 bits per heavy atom. The first kappa shape index (κ1) is 20.7. The number of aliphatic hydroxyl groups excluding tert-OH is 1. The Kier molecular flexibility index (Phi) is 5.18. The van der Waals surface area contributed by atoms with Gasteiger partial charge in [0.2, 0.25) is 5.91 Å². The predicted octanol–water partition coefficient (Wildman–Crippen LogP) is 3.93. The summed E-state index contributed by atoms with van der Waals surface area (Å²) in [6, 6.07) is 14.5. The van der Waals surface area contributed by atoms with E-state index in [0.717, 1.165) is 37.7 Å². The maximum atomic E-state index is 11.6. The summed E-state index contributed by atoms with van der Waals surface area (Å²) in [7, 11) is 0. The minimum atomic E-state index is -0.393. The lowest BCUT2D eigenvalue weighted by molar-refractivity contribution is -0.0325. The number of primary amides is 1. The molecule has 31 heavy (non-hydrogen) atoms. The van der Waals surface area contributed by atoms with E-state index in [9.17, 15) is 9.90 Å². The lowest BCUT2D eigenvalue weighted by Crippen LogP contribution is -2.44. The van der Waals surface area contributed by atoms with E-state index in [2.05, 4.69) is 31.2 Å². The van der Waals surface area contributed by atoms with Crippen molar-refractivity contribution >= 4 is 5.91 Å². The number of hydrogen-bond donors (Lipinski definition) is 3. The van der Waals surface area contributed by atoms with Crippen LogP contribution in [0.2, 0.25) is 0 Å². The Morgan fingerprint density at radius 3 is 2.77 bits per heavy atom. The zero-order chi connectivity index (χ0) is 21.8. The van der Waals surface area contributed by atoms with Gasteiger partial charge in [-0.3, -0.25) is 4.79 Å². The highest BCUT2D eigenvalue weighted by Crippen LogP contribution is 2.62. The molecule has 0 bridgehead atoms. The smallest absolute Gasteiger partial charge is 0.248 e. The molecule has 0 aliphatic heterocycles. The Hall–Kier alpha value is -2.17. The van der Waals surface area contributed by atoms with Crippen LogP contribution in [0.4, 0.5) is 0 Å². The fourth-order valence-electron chi connectivity index (χ4n) is 7.26. The maximum Gasteiger partial charge on any atom is 0.248 e. The van der Waals surface area contributed by atoms with E-state index in [0.29, 0.717) is 29.9 Å². The molecule has 3 aliphatic rings. The highest BCUT2D eigenvalue weighted by Gasteiger charge is 2.57. The number of fused-ring (bicyclic) bond motifs is 5. The van der Waals surface area contributed by atoms with Crippen molar-refractivity contribution in [3.8, 4) is 0 Å². The standard InChI is InChI=1S/C27H34N2O2/c1-27-10-9-22-21-7-5-17(15-28)13-18(21)6-8-23(22)24(27)14-20(25(27)30)12-16-3-2-4-19(11-16)26(29)31/h2-5,7,11,13,20,22-25,30H,6,8-10,12,14-15,28H2,1H3,(H2,29,31)/t20?,22?,23?,24-,25?,27?/m0/s1. The van der Waals surface area contributed by atoms with Gasteiger partial charge in [0.1, 0.15) is 0 Å². The molecule has 0 spiro atoms. The van der Waals surface area contributed by atoms with Gasteiger partial charge in [-0.2, -0.15) is 0 Å². The molecule has 5 rings (SSSR count). The summed E-state index contributed by atoms with van der Waals surface area (Å²) >= 11 is 0. The number of benzene rings is 2. The van der Waals surface area contributed by atoms with Crippen molar-refractivity contribution in [3.05, 3.63) is 70.3 Å². The van der Waals surface area contributed by atoms with Crippen LogP contribution in [0.1, 0.15) is 71.1 Å². The molecule has 0 aromatic heterocycles. The van der Waals surface area contributed by atoms with Gasteiger partial charge in [-0.05, 0) is 102 Å². The highest BCUT2D eigenvalue weighted by atomic mass is 16.3. The molecule has 164 valence electrons.